The van der Waals surface area contributed by atoms with E-state index in [0.29, 0.717) is 0 Å². The highest BCUT2D eigenvalue weighted by Gasteiger charge is 2.03. The average molecular weight is 198 g/mol. The van der Waals surface area contributed by atoms with Crippen LogP contribution in [-0.4, -0.2) is 0 Å². The molecule has 0 N–H and O–H groups in total. The molecule has 0 aliphatic carbocycles. The highest BCUT2D eigenvalue weighted by Crippen LogP contribution is 2.24. The van der Waals surface area contributed by atoms with Gasteiger partial charge in [0, 0.05) is 0 Å². The van der Waals surface area contributed by atoms with Gasteiger partial charge in [0.2, 0.25) is 0 Å². The van der Waals surface area contributed by atoms with Gasteiger partial charge in [0.15, 0.2) is 0 Å². The number of rotatable bonds is 2. The lowest BCUT2D eigenvalue weighted by Crippen LogP contribution is -1.90. The van der Waals surface area contributed by atoms with E-state index in [9.17, 15) is 0 Å². The van der Waals surface area contributed by atoms with Crippen molar-refractivity contribution in [3.05, 3.63) is 47.0 Å². The smallest absolute Gasteiger partial charge is 0.0147 e. The first-order chi connectivity index (χ1) is 7.26. The minimum absolute atomic E-state index is 1.11. The summed E-state index contributed by atoms with van der Waals surface area (Å²) in [5.41, 5.74) is 4.28. The van der Waals surface area contributed by atoms with Crippen LogP contribution in [0.2, 0.25) is 0 Å². The van der Waals surface area contributed by atoms with Crippen LogP contribution in [0, 0.1) is 6.92 Å². The zero-order valence-corrected chi connectivity index (χ0v) is 9.80. The molecule has 0 aliphatic heterocycles. The molecule has 0 fully saturated rings. The van der Waals surface area contributed by atoms with E-state index in [0.717, 1.165) is 12.8 Å². The summed E-state index contributed by atoms with van der Waals surface area (Å²) < 4.78 is 0. The molecule has 2 aromatic carbocycles. The Kier molecular flexibility index (Phi) is 2.77. The summed E-state index contributed by atoms with van der Waals surface area (Å²) in [5.74, 6) is 0. The summed E-state index contributed by atoms with van der Waals surface area (Å²) >= 11 is 0. The van der Waals surface area contributed by atoms with Gasteiger partial charge in [0.05, 0.1) is 0 Å². The Morgan fingerprint density at radius 2 is 1.40 bits per heavy atom. The van der Waals surface area contributed by atoms with Crippen molar-refractivity contribution in [3.63, 3.8) is 0 Å². The Morgan fingerprint density at radius 3 is 2.00 bits per heavy atom. The van der Waals surface area contributed by atoms with Crippen LogP contribution in [0.15, 0.2) is 30.3 Å². The van der Waals surface area contributed by atoms with E-state index in [1.165, 1.54) is 27.5 Å². The van der Waals surface area contributed by atoms with Crippen molar-refractivity contribution in [2.24, 2.45) is 0 Å². The van der Waals surface area contributed by atoms with Crippen LogP contribution < -0.4 is 0 Å². The number of benzene rings is 2. The molecule has 2 rings (SSSR count). The van der Waals surface area contributed by atoms with Gasteiger partial charge < -0.3 is 0 Å². The molecule has 0 aromatic heterocycles. The van der Waals surface area contributed by atoms with Crippen LogP contribution in [-0.2, 0) is 12.8 Å². The Labute approximate surface area is 91.9 Å². The summed E-state index contributed by atoms with van der Waals surface area (Å²) in [6.45, 7) is 6.61. The standard InChI is InChI=1S/C15H18/c1-4-12-7-8-13(5-2)15-10-11(3)6-9-14(12)15/h6-10H,4-5H2,1-3H3. The van der Waals surface area contributed by atoms with Gasteiger partial charge >= 0.3 is 0 Å². The van der Waals surface area contributed by atoms with Gasteiger partial charge in [-0.15, -0.1) is 0 Å². The fourth-order valence-electron chi connectivity index (χ4n) is 2.20. The third kappa shape index (κ3) is 1.77. The van der Waals surface area contributed by atoms with Crippen LogP contribution in [0.3, 0.4) is 0 Å². The molecule has 15 heavy (non-hydrogen) atoms. The molecule has 0 spiro atoms. The first kappa shape index (κ1) is 10.2. The molecule has 78 valence electrons. The minimum atomic E-state index is 1.11. The van der Waals surface area contributed by atoms with Gasteiger partial charge in [0.1, 0.15) is 0 Å². The van der Waals surface area contributed by atoms with Crippen molar-refractivity contribution >= 4 is 10.8 Å². The molecule has 0 aliphatic rings. The minimum Gasteiger partial charge on any atom is -0.0613 e. The van der Waals surface area contributed by atoms with Crippen molar-refractivity contribution in [2.75, 3.05) is 0 Å². The van der Waals surface area contributed by atoms with E-state index in [2.05, 4.69) is 51.1 Å². The Bertz CT molecular complexity index is 481. The largest absolute Gasteiger partial charge is 0.0613 e. The normalized spacial score (nSPS) is 10.9. The second kappa shape index (κ2) is 4.06. The van der Waals surface area contributed by atoms with Gasteiger partial charge in [-0.05, 0) is 41.7 Å². The molecule has 2 aromatic rings. The SMILES string of the molecule is CCc1ccc(CC)c2cc(C)ccc12. The zero-order chi connectivity index (χ0) is 10.8. The molecule has 0 heterocycles. The first-order valence-corrected chi connectivity index (χ1v) is 5.77. The molecule has 0 nitrogen and oxygen atoms in total. The maximum atomic E-state index is 2.31. The molecule has 0 unspecified atom stereocenters. The van der Waals surface area contributed by atoms with Crippen LogP contribution in [0.4, 0.5) is 0 Å². The van der Waals surface area contributed by atoms with Crippen LogP contribution in [0.1, 0.15) is 30.5 Å². The third-order valence-electron chi connectivity index (χ3n) is 3.11. The molecule has 0 heteroatoms. The van der Waals surface area contributed by atoms with E-state index in [1.807, 2.05) is 0 Å². The van der Waals surface area contributed by atoms with Crippen molar-refractivity contribution in [3.8, 4) is 0 Å². The zero-order valence-electron chi connectivity index (χ0n) is 9.80. The van der Waals surface area contributed by atoms with E-state index in [1.54, 1.807) is 0 Å². The third-order valence-corrected chi connectivity index (χ3v) is 3.11. The first-order valence-electron chi connectivity index (χ1n) is 5.77. The van der Waals surface area contributed by atoms with Gasteiger partial charge in [-0.3, -0.25) is 0 Å². The molecular weight excluding hydrogens is 180 g/mol. The van der Waals surface area contributed by atoms with E-state index < -0.39 is 0 Å². The summed E-state index contributed by atoms with van der Waals surface area (Å²) in [6.07, 6.45) is 2.23. The molecule has 0 saturated carbocycles. The number of aryl methyl sites for hydroxylation is 3. The van der Waals surface area contributed by atoms with Crippen LogP contribution in [0.5, 0.6) is 0 Å². The fourth-order valence-corrected chi connectivity index (χ4v) is 2.20. The Balaban J connectivity index is 2.80. The van der Waals surface area contributed by atoms with Crippen molar-refractivity contribution in [1.29, 1.82) is 0 Å². The molecule has 0 amide bonds. The molecule has 0 atom stereocenters. The number of fused-ring (bicyclic) bond motifs is 1. The van der Waals surface area contributed by atoms with Crippen LogP contribution in [0.25, 0.3) is 10.8 Å². The molecule has 0 saturated heterocycles. The summed E-state index contributed by atoms with van der Waals surface area (Å²) in [7, 11) is 0. The molecule has 0 bridgehead atoms. The lowest BCUT2D eigenvalue weighted by Gasteiger charge is -2.09. The predicted octanol–water partition coefficient (Wildman–Crippen LogP) is 4.27. The highest BCUT2D eigenvalue weighted by molar-refractivity contribution is 5.89. The summed E-state index contributed by atoms with van der Waals surface area (Å²) in [6, 6.07) is 11.3. The topological polar surface area (TPSA) is 0 Å². The van der Waals surface area contributed by atoms with Crippen molar-refractivity contribution < 1.29 is 0 Å². The summed E-state index contributed by atoms with van der Waals surface area (Å²) in [5, 5.41) is 2.87. The maximum Gasteiger partial charge on any atom is -0.0147 e. The lowest BCUT2D eigenvalue weighted by atomic mass is 9.96. The van der Waals surface area contributed by atoms with Gasteiger partial charge in [-0.2, -0.15) is 0 Å². The summed E-state index contributed by atoms with van der Waals surface area (Å²) in [4.78, 5) is 0. The second-order valence-electron chi connectivity index (χ2n) is 4.14. The monoisotopic (exact) mass is 198 g/mol. The Morgan fingerprint density at radius 1 is 0.800 bits per heavy atom. The van der Waals surface area contributed by atoms with Crippen molar-refractivity contribution in [1.82, 2.24) is 0 Å². The van der Waals surface area contributed by atoms with Gasteiger partial charge in [-0.25, -0.2) is 0 Å². The van der Waals surface area contributed by atoms with E-state index in [4.69, 9.17) is 0 Å². The van der Waals surface area contributed by atoms with E-state index in [-0.39, 0.29) is 0 Å². The average Bonchev–Trinajstić information content (AvgIpc) is 2.27. The fraction of sp³-hybridized carbons (Fsp3) is 0.333. The number of hydrogen-bond acceptors (Lipinski definition) is 0. The molecule has 0 radical (unpaired) electrons. The van der Waals surface area contributed by atoms with E-state index >= 15 is 0 Å². The Hall–Kier alpha value is -1.30. The highest BCUT2D eigenvalue weighted by atomic mass is 14.1. The predicted molar refractivity (Wildman–Crippen MR) is 67.4 cm³/mol. The quantitative estimate of drug-likeness (QED) is 0.676. The lowest BCUT2D eigenvalue weighted by molar-refractivity contribution is 1.13. The number of hydrogen-bond donors (Lipinski definition) is 0. The van der Waals surface area contributed by atoms with Gasteiger partial charge in [0.25, 0.3) is 0 Å². The maximum absolute atomic E-state index is 2.31. The van der Waals surface area contributed by atoms with Crippen molar-refractivity contribution in [2.45, 2.75) is 33.6 Å². The van der Waals surface area contributed by atoms with Gasteiger partial charge in [-0.1, -0.05) is 49.7 Å². The second-order valence-corrected chi connectivity index (χ2v) is 4.14. The molecular formula is C15H18. The van der Waals surface area contributed by atoms with Crippen LogP contribution >= 0.6 is 0 Å².